The number of hydrogen-bond acceptors (Lipinski definition) is 4. The minimum absolute atomic E-state index is 0.102. The third-order valence-corrected chi connectivity index (χ3v) is 5.62. The fraction of sp³-hybridized carbons (Fsp3) is 0.263. The zero-order chi connectivity index (χ0) is 17.1. The van der Waals surface area contributed by atoms with Crippen molar-refractivity contribution in [3.8, 4) is 0 Å². The van der Waals surface area contributed by atoms with Gasteiger partial charge in [-0.15, -0.1) is 11.8 Å². The lowest BCUT2D eigenvalue weighted by Crippen LogP contribution is -2.12. The summed E-state index contributed by atoms with van der Waals surface area (Å²) < 4.78 is 1.10. The summed E-state index contributed by atoms with van der Waals surface area (Å²) in [6.45, 7) is 6.43. The van der Waals surface area contributed by atoms with Crippen molar-refractivity contribution in [2.45, 2.75) is 31.6 Å². The largest absolute Gasteiger partial charge is 0.298 e. The van der Waals surface area contributed by atoms with Crippen LogP contribution in [-0.4, -0.2) is 16.6 Å². The Morgan fingerprint density at radius 1 is 1.25 bits per heavy atom. The third-order valence-electron chi connectivity index (χ3n) is 3.73. The first-order valence-corrected chi connectivity index (χ1v) is 9.82. The lowest BCUT2D eigenvalue weighted by atomic mass is 10.0. The number of aromatic nitrogens is 1. The number of carbonyl (C=O) groups excluding carboxylic acids is 1. The molecule has 24 heavy (non-hydrogen) atoms. The van der Waals surface area contributed by atoms with Crippen LogP contribution in [-0.2, 0) is 0 Å². The molecule has 1 heterocycles. The number of thioether (sulfide) groups is 1. The number of anilines is 1. The molecule has 0 unspecified atom stereocenters. The van der Waals surface area contributed by atoms with Gasteiger partial charge in [0.2, 0.25) is 0 Å². The van der Waals surface area contributed by atoms with Crippen molar-refractivity contribution in [2.24, 2.45) is 0 Å². The molecule has 0 aliphatic rings. The summed E-state index contributed by atoms with van der Waals surface area (Å²) >= 11 is 3.19. The number of nitrogens with zero attached hydrogens (tertiary/aromatic N) is 1. The molecule has 1 aromatic heterocycles. The maximum atomic E-state index is 12.6. The Morgan fingerprint density at radius 2 is 2.04 bits per heavy atom. The summed E-state index contributed by atoms with van der Waals surface area (Å²) in [7, 11) is 0. The maximum absolute atomic E-state index is 12.6. The van der Waals surface area contributed by atoms with Gasteiger partial charge in [-0.1, -0.05) is 50.3 Å². The van der Waals surface area contributed by atoms with Gasteiger partial charge in [0.15, 0.2) is 5.13 Å². The monoisotopic (exact) mass is 356 g/mol. The number of fused-ring (bicyclic) bond motifs is 1. The van der Waals surface area contributed by atoms with Gasteiger partial charge in [0, 0.05) is 4.90 Å². The predicted molar refractivity (Wildman–Crippen MR) is 105 cm³/mol. The normalized spacial score (nSPS) is 11.2. The van der Waals surface area contributed by atoms with Gasteiger partial charge < -0.3 is 0 Å². The summed E-state index contributed by atoms with van der Waals surface area (Å²) in [5, 5.41) is 3.60. The van der Waals surface area contributed by atoms with E-state index in [4.69, 9.17) is 0 Å². The molecule has 1 amide bonds. The van der Waals surface area contributed by atoms with Gasteiger partial charge in [0.1, 0.15) is 0 Å². The number of thiazole rings is 1. The van der Waals surface area contributed by atoms with E-state index in [1.54, 1.807) is 11.8 Å². The van der Waals surface area contributed by atoms with Crippen molar-refractivity contribution in [1.82, 2.24) is 4.98 Å². The van der Waals surface area contributed by atoms with E-state index in [-0.39, 0.29) is 5.91 Å². The van der Waals surface area contributed by atoms with Gasteiger partial charge in [0.05, 0.1) is 15.8 Å². The number of carbonyl (C=O) groups is 1. The molecule has 3 rings (SSSR count). The molecule has 5 heteroatoms. The maximum Gasteiger partial charge on any atom is 0.258 e. The molecule has 1 N–H and O–H groups in total. The first kappa shape index (κ1) is 17.0. The molecule has 3 nitrogen and oxygen atoms in total. The molecule has 124 valence electrons. The second kappa shape index (κ2) is 7.36. The molecule has 0 aliphatic carbocycles. The second-order valence-corrected chi connectivity index (χ2v) is 8.12. The predicted octanol–water partition coefficient (Wildman–Crippen LogP) is 5.78. The van der Waals surface area contributed by atoms with Crippen LogP contribution in [0.5, 0.6) is 0 Å². The van der Waals surface area contributed by atoms with Crippen LogP contribution >= 0.6 is 23.1 Å². The number of hydrogen-bond donors (Lipinski definition) is 1. The van der Waals surface area contributed by atoms with Gasteiger partial charge in [-0.2, -0.15) is 0 Å². The highest BCUT2D eigenvalue weighted by molar-refractivity contribution is 7.99. The van der Waals surface area contributed by atoms with Gasteiger partial charge in [-0.25, -0.2) is 4.98 Å². The minimum Gasteiger partial charge on any atom is -0.298 e. The van der Waals surface area contributed by atoms with Crippen LogP contribution in [0.1, 0.15) is 42.6 Å². The molecular formula is C19H20N2OS2. The van der Waals surface area contributed by atoms with Crippen molar-refractivity contribution in [3.63, 3.8) is 0 Å². The Hall–Kier alpha value is -1.85. The number of benzene rings is 2. The van der Waals surface area contributed by atoms with Crippen LogP contribution in [0.2, 0.25) is 0 Å². The summed E-state index contributed by atoms with van der Waals surface area (Å²) in [6, 6.07) is 14.0. The highest BCUT2D eigenvalue weighted by Gasteiger charge is 2.14. The van der Waals surface area contributed by atoms with Crippen LogP contribution in [0.4, 0.5) is 5.13 Å². The van der Waals surface area contributed by atoms with Crippen molar-refractivity contribution in [1.29, 1.82) is 0 Å². The van der Waals surface area contributed by atoms with Gasteiger partial charge in [-0.3, -0.25) is 10.1 Å². The Balaban J connectivity index is 1.85. The lowest BCUT2D eigenvalue weighted by Gasteiger charge is -2.07. The first-order valence-electron chi connectivity index (χ1n) is 8.02. The van der Waals surface area contributed by atoms with Gasteiger partial charge in [-0.05, 0) is 41.5 Å². The third kappa shape index (κ3) is 3.62. The second-order valence-electron chi connectivity index (χ2n) is 5.78. The van der Waals surface area contributed by atoms with E-state index in [0.717, 1.165) is 20.9 Å². The summed E-state index contributed by atoms with van der Waals surface area (Å²) in [6.07, 6.45) is 0. The zero-order valence-corrected chi connectivity index (χ0v) is 15.6. The van der Waals surface area contributed by atoms with Crippen LogP contribution in [0.25, 0.3) is 10.2 Å². The van der Waals surface area contributed by atoms with Crippen LogP contribution in [0.3, 0.4) is 0 Å². The van der Waals surface area contributed by atoms with E-state index in [1.807, 2.05) is 30.3 Å². The molecule has 0 fully saturated rings. The standard InChI is InChI=1S/C19H20N2OS2/c1-4-23-16-8-6-5-7-14(16)18(22)21-19-20-15-10-9-13(12(2)3)11-17(15)24-19/h5-12H,4H2,1-3H3,(H,20,21,22). The first-order chi connectivity index (χ1) is 11.6. The number of amides is 1. The van der Waals surface area contributed by atoms with E-state index >= 15 is 0 Å². The smallest absolute Gasteiger partial charge is 0.258 e. The van der Waals surface area contributed by atoms with Crippen LogP contribution < -0.4 is 5.32 Å². The molecule has 2 aromatic carbocycles. The topological polar surface area (TPSA) is 42.0 Å². The van der Waals surface area contributed by atoms with E-state index < -0.39 is 0 Å². The average Bonchev–Trinajstić information content (AvgIpc) is 2.96. The molecule has 3 aromatic rings. The van der Waals surface area contributed by atoms with Crippen LogP contribution in [0, 0.1) is 0 Å². The van der Waals surface area contributed by atoms with Gasteiger partial charge in [0.25, 0.3) is 5.91 Å². The summed E-state index contributed by atoms with van der Waals surface area (Å²) in [4.78, 5) is 18.1. The molecule has 0 saturated heterocycles. The quantitative estimate of drug-likeness (QED) is 0.589. The van der Waals surface area contributed by atoms with E-state index in [2.05, 4.69) is 43.2 Å². The average molecular weight is 357 g/mol. The summed E-state index contributed by atoms with van der Waals surface area (Å²) in [5.41, 5.74) is 2.91. The van der Waals surface area contributed by atoms with Gasteiger partial charge >= 0.3 is 0 Å². The highest BCUT2D eigenvalue weighted by Crippen LogP contribution is 2.30. The van der Waals surface area contributed by atoms with E-state index in [0.29, 0.717) is 16.6 Å². The fourth-order valence-electron chi connectivity index (χ4n) is 2.45. The Kier molecular flexibility index (Phi) is 5.21. The minimum atomic E-state index is -0.102. The molecule has 0 radical (unpaired) electrons. The molecule has 0 bridgehead atoms. The SMILES string of the molecule is CCSc1ccccc1C(=O)Nc1nc2ccc(C(C)C)cc2s1. The van der Waals surface area contributed by atoms with Crippen molar-refractivity contribution >= 4 is 44.4 Å². The molecule has 0 saturated carbocycles. The Morgan fingerprint density at radius 3 is 2.79 bits per heavy atom. The highest BCUT2D eigenvalue weighted by atomic mass is 32.2. The molecule has 0 spiro atoms. The molecular weight excluding hydrogens is 336 g/mol. The fourth-order valence-corrected chi connectivity index (χ4v) is 4.17. The molecule has 0 atom stereocenters. The Labute approximate surface area is 150 Å². The van der Waals surface area contributed by atoms with Crippen LogP contribution in [0.15, 0.2) is 47.4 Å². The van der Waals surface area contributed by atoms with E-state index in [9.17, 15) is 4.79 Å². The van der Waals surface area contributed by atoms with Crippen molar-refractivity contribution in [2.75, 3.05) is 11.1 Å². The molecule has 0 aliphatic heterocycles. The number of rotatable bonds is 5. The van der Waals surface area contributed by atoms with Crippen molar-refractivity contribution in [3.05, 3.63) is 53.6 Å². The summed E-state index contributed by atoms with van der Waals surface area (Å²) in [5.74, 6) is 1.31. The Bertz CT molecular complexity index is 871. The van der Waals surface area contributed by atoms with Crippen molar-refractivity contribution < 1.29 is 4.79 Å². The van der Waals surface area contributed by atoms with E-state index in [1.165, 1.54) is 16.9 Å². The lowest BCUT2D eigenvalue weighted by molar-refractivity contribution is 0.102. The number of nitrogens with one attached hydrogen (secondary N) is 1. The zero-order valence-electron chi connectivity index (χ0n) is 14.0.